The summed E-state index contributed by atoms with van der Waals surface area (Å²) in [5, 5.41) is 23.6. The first kappa shape index (κ1) is 27.2. The van der Waals surface area contributed by atoms with Gasteiger partial charge in [0.1, 0.15) is 30.8 Å². The summed E-state index contributed by atoms with van der Waals surface area (Å²) in [6.45, 7) is 5.19. The molecule has 1 heterocycles. The summed E-state index contributed by atoms with van der Waals surface area (Å²) in [4.78, 5) is 4.65. The highest BCUT2D eigenvalue weighted by molar-refractivity contribution is 7.92. The predicted octanol–water partition coefficient (Wildman–Crippen LogP) is 3.37. The number of phenols is 1. The lowest BCUT2D eigenvalue weighted by atomic mass is 9.81. The van der Waals surface area contributed by atoms with Gasteiger partial charge in [0.2, 0.25) is 15.9 Å². The SMILES string of the molecule is CC1(C)COC(c2ccc([C@H]3CC[C@H](NC[C@H](O)COc4ccc(O)c(NS(C)(=O)=O)c4)CC3)cc2)=N1. The molecule has 202 valence electrons. The van der Waals surface area contributed by atoms with Gasteiger partial charge in [-0.05, 0) is 75.3 Å². The summed E-state index contributed by atoms with van der Waals surface area (Å²) in [5.41, 5.74) is 2.23. The molecule has 0 saturated heterocycles. The van der Waals surface area contributed by atoms with E-state index < -0.39 is 16.1 Å². The Hall–Kier alpha value is -2.82. The molecule has 0 unspecified atom stereocenters. The van der Waals surface area contributed by atoms with E-state index >= 15 is 0 Å². The summed E-state index contributed by atoms with van der Waals surface area (Å²) < 4.78 is 36.4. The number of ether oxygens (including phenoxy) is 2. The quantitative estimate of drug-likeness (QED) is 0.346. The third-order valence-electron chi connectivity index (χ3n) is 6.67. The highest BCUT2D eigenvalue weighted by atomic mass is 32.2. The highest BCUT2D eigenvalue weighted by Crippen LogP contribution is 2.33. The van der Waals surface area contributed by atoms with Crippen LogP contribution in [0.3, 0.4) is 0 Å². The Morgan fingerprint density at radius 1 is 1.14 bits per heavy atom. The number of aliphatic hydroxyl groups excluding tert-OH is 1. The van der Waals surface area contributed by atoms with E-state index in [4.69, 9.17) is 9.47 Å². The minimum Gasteiger partial charge on any atom is -0.506 e. The van der Waals surface area contributed by atoms with Crippen LogP contribution < -0.4 is 14.8 Å². The van der Waals surface area contributed by atoms with Crippen LogP contribution in [0, 0.1) is 0 Å². The van der Waals surface area contributed by atoms with Crippen molar-refractivity contribution in [3.63, 3.8) is 0 Å². The topological polar surface area (TPSA) is 129 Å². The number of hydrogen-bond acceptors (Lipinski definition) is 8. The first-order valence-electron chi connectivity index (χ1n) is 12.7. The van der Waals surface area contributed by atoms with Crippen molar-refractivity contribution in [3.05, 3.63) is 53.6 Å². The van der Waals surface area contributed by atoms with Gasteiger partial charge in [0.25, 0.3) is 0 Å². The van der Waals surface area contributed by atoms with Crippen molar-refractivity contribution >= 4 is 21.6 Å². The molecule has 10 heteroatoms. The van der Waals surface area contributed by atoms with Gasteiger partial charge in [-0.1, -0.05) is 12.1 Å². The Balaban J connectivity index is 1.19. The van der Waals surface area contributed by atoms with Crippen molar-refractivity contribution in [1.29, 1.82) is 0 Å². The monoisotopic (exact) mass is 531 g/mol. The summed E-state index contributed by atoms with van der Waals surface area (Å²) in [5.74, 6) is 1.40. The Morgan fingerprint density at radius 2 is 1.84 bits per heavy atom. The van der Waals surface area contributed by atoms with E-state index in [1.54, 1.807) is 0 Å². The minimum absolute atomic E-state index is 0.0311. The largest absolute Gasteiger partial charge is 0.506 e. The van der Waals surface area contributed by atoms with Gasteiger partial charge in [-0.25, -0.2) is 13.4 Å². The van der Waals surface area contributed by atoms with Crippen LogP contribution >= 0.6 is 0 Å². The van der Waals surface area contributed by atoms with Crippen molar-refractivity contribution in [2.24, 2.45) is 4.99 Å². The van der Waals surface area contributed by atoms with Gasteiger partial charge in [0, 0.05) is 24.2 Å². The van der Waals surface area contributed by atoms with E-state index in [9.17, 15) is 18.6 Å². The average molecular weight is 532 g/mol. The van der Waals surface area contributed by atoms with Gasteiger partial charge in [-0.2, -0.15) is 0 Å². The smallest absolute Gasteiger partial charge is 0.229 e. The average Bonchev–Trinajstić information content (AvgIpc) is 3.22. The van der Waals surface area contributed by atoms with Gasteiger partial charge in [-0.3, -0.25) is 4.72 Å². The lowest BCUT2D eigenvalue weighted by Crippen LogP contribution is -2.39. The van der Waals surface area contributed by atoms with E-state index in [0.29, 0.717) is 30.9 Å². The van der Waals surface area contributed by atoms with E-state index in [0.717, 1.165) is 43.4 Å². The number of rotatable bonds is 10. The molecule has 1 aliphatic heterocycles. The van der Waals surface area contributed by atoms with Crippen LogP contribution in [0.5, 0.6) is 11.5 Å². The summed E-state index contributed by atoms with van der Waals surface area (Å²) in [6, 6.07) is 13.2. The second-order valence-electron chi connectivity index (χ2n) is 10.6. The molecule has 1 aliphatic carbocycles. The number of aliphatic hydroxyl groups is 1. The van der Waals surface area contributed by atoms with Crippen LogP contribution in [0.2, 0.25) is 0 Å². The molecule has 1 atom stereocenters. The summed E-state index contributed by atoms with van der Waals surface area (Å²) in [7, 11) is -3.53. The Labute approximate surface area is 219 Å². The second kappa shape index (κ2) is 11.3. The maximum Gasteiger partial charge on any atom is 0.229 e. The zero-order valence-corrected chi connectivity index (χ0v) is 22.4. The molecule has 4 rings (SSSR count). The Bertz CT molecular complexity index is 1210. The zero-order valence-electron chi connectivity index (χ0n) is 21.6. The van der Waals surface area contributed by atoms with Gasteiger partial charge in [0.15, 0.2) is 0 Å². The summed E-state index contributed by atoms with van der Waals surface area (Å²) >= 11 is 0. The van der Waals surface area contributed by atoms with Gasteiger partial charge < -0.3 is 25.0 Å². The van der Waals surface area contributed by atoms with Gasteiger partial charge in [-0.15, -0.1) is 0 Å². The van der Waals surface area contributed by atoms with Crippen LogP contribution in [0.15, 0.2) is 47.5 Å². The van der Waals surface area contributed by atoms with Gasteiger partial charge >= 0.3 is 0 Å². The lowest BCUT2D eigenvalue weighted by molar-refractivity contribution is 0.101. The fourth-order valence-corrected chi connectivity index (χ4v) is 5.26. The Morgan fingerprint density at radius 3 is 2.46 bits per heavy atom. The minimum atomic E-state index is -3.53. The fraction of sp³-hybridized carbons (Fsp3) is 0.519. The molecule has 4 N–H and O–H groups in total. The number of aliphatic imine (C=N–C) groups is 1. The molecule has 0 bridgehead atoms. The third kappa shape index (κ3) is 7.83. The molecule has 37 heavy (non-hydrogen) atoms. The first-order chi connectivity index (χ1) is 17.5. The Kier molecular flexibility index (Phi) is 8.30. The maximum absolute atomic E-state index is 11.4. The first-order valence-corrected chi connectivity index (χ1v) is 14.5. The number of nitrogens with one attached hydrogen (secondary N) is 2. The van der Waals surface area contributed by atoms with Crippen molar-refractivity contribution in [1.82, 2.24) is 5.32 Å². The number of hydrogen-bond donors (Lipinski definition) is 4. The number of benzene rings is 2. The molecule has 0 amide bonds. The maximum atomic E-state index is 11.4. The van der Waals surface area contributed by atoms with Crippen LogP contribution in [0.1, 0.15) is 56.6 Å². The molecular formula is C27H37N3O6S. The van der Waals surface area contributed by atoms with Crippen molar-refractivity contribution in [3.8, 4) is 11.5 Å². The lowest BCUT2D eigenvalue weighted by Gasteiger charge is -2.30. The number of nitrogens with zero attached hydrogens (tertiary/aromatic N) is 1. The standard InChI is InChI=1S/C27H37N3O6S/c1-27(2)17-36-26(29-27)20-6-4-18(5-7-20)19-8-10-21(11-9-19)28-15-22(31)16-35-23-12-13-25(32)24(14-23)30-37(3,33)34/h4-7,12-14,19,21-22,28,30-32H,8-11,15-17H2,1-3H3/t19-,21-,22-/m0/s1. The molecule has 1 saturated carbocycles. The van der Waals surface area contributed by atoms with Crippen LogP contribution in [0.4, 0.5) is 5.69 Å². The van der Waals surface area contributed by atoms with E-state index in [1.165, 1.54) is 23.8 Å². The second-order valence-corrected chi connectivity index (χ2v) is 12.4. The molecular weight excluding hydrogens is 494 g/mol. The molecule has 2 aliphatic rings. The number of sulfonamides is 1. The summed E-state index contributed by atoms with van der Waals surface area (Å²) in [6.07, 6.45) is 4.50. The number of aromatic hydroxyl groups is 1. The van der Waals surface area contributed by atoms with E-state index in [1.807, 2.05) is 0 Å². The van der Waals surface area contributed by atoms with Crippen molar-refractivity contribution in [2.45, 2.75) is 63.1 Å². The zero-order chi connectivity index (χ0) is 26.6. The predicted molar refractivity (Wildman–Crippen MR) is 144 cm³/mol. The third-order valence-corrected chi connectivity index (χ3v) is 7.26. The molecule has 0 aromatic heterocycles. The molecule has 9 nitrogen and oxygen atoms in total. The molecule has 0 spiro atoms. The molecule has 2 aromatic rings. The van der Waals surface area contributed by atoms with Crippen LogP contribution in [-0.4, -0.2) is 68.2 Å². The number of anilines is 1. The number of phenolic OH excluding ortho intramolecular Hbond substituents is 1. The van der Waals surface area contributed by atoms with E-state index in [-0.39, 0.29) is 23.6 Å². The van der Waals surface area contributed by atoms with Crippen LogP contribution in [0.25, 0.3) is 0 Å². The van der Waals surface area contributed by atoms with Crippen molar-refractivity contribution in [2.75, 3.05) is 30.7 Å². The van der Waals surface area contributed by atoms with Crippen LogP contribution in [-0.2, 0) is 14.8 Å². The fourth-order valence-electron chi connectivity index (χ4n) is 4.70. The highest BCUT2D eigenvalue weighted by Gasteiger charge is 2.27. The van der Waals surface area contributed by atoms with Gasteiger partial charge in [0.05, 0.1) is 17.5 Å². The molecule has 2 aromatic carbocycles. The molecule has 0 radical (unpaired) electrons. The normalized spacial score (nSPS) is 22.1. The van der Waals surface area contributed by atoms with Crippen molar-refractivity contribution < 1.29 is 28.1 Å². The van der Waals surface area contributed by atoms with E-state index in [2.05, 4.69) is 53.1 Å². The molecule has 1 fully saturated rings.